The molecular formula is C20H32. The van der Waals surface area contributed by atoms with Crippen LogP contribution in [0, 0.1) is 34.5 Å². The highest BCUT2D eigenvalue weighted by Gasteiger charge is 2.58. The van der Waals surface area contributed by atoms with Crippen LogP contribution in [0.5, 0.6) is 0 Å². The first-order valence-corrected chi connectivity index (χ1v) is 9.22. The minimum absolute atomic E-state index is 0.661. The first kappa shape index (κ1) is 13.4. The van der Waals surface area contributed by atoms with Gasteiger partial charge < -0.3 is 0 Å². The van der Waals surface area contributed by atoms with E-state index >= 15 is 0 Å². The molecule has 0 nitrogen and oxygen atoms in total. The Morgan fingerprint density at radius 2 is 1.75 bits per heavy atom. The van der Waals surface area contributed by atoms with Crippen molar-refractivity contribution in [3.63, 3.8) is 0 Å². The molecule has 112 valence electrons. The third kappa shape index (κ3) is 1.66. The Morgan fingerprint density at radius 3 is 2.60 bits per heavy atom. The summed E-state index contributed by atoms with van der Waals surface area (Å²) in [4.78, 5) is 0. The molecular weight excluding hydrogens is 240 g/mol. The molecule has 4 fully saturated rings. The number of fused-ring (bicyclic) bond motifs is 5. The Labute approximate surface area is 125 Å². The highest BCUT2D eigenvalue weighted by atomic mass is 14.6. The predicted molar refractivity (Wildman–Crippen MR) is 85.5 cm³/mol. The SMILES string of the molecule is C=C1C[C@H]2CCCC[C@]2(C)[C@H]2CC[C@]3(C)CCC[C@H]3[C@H]12. The maximum atomic E-state index is 4.61. The van der Waals surface area contributed by atoms with Gasteiger partial charge in [0.1, 0.15) is 0 Å². The molecule has 4 aliphatic rings. The second-order valence-electron chi connectivity index (χ2n) is 9.13. The van der Waals surface area contributed by atoms with Gasteiger partial charge >= 0.3 is 0 Å². The monoisotopic (exact) mass is 272 g/mol. The lowest BCUT2D eigenvalue weighted by molar-refractivity contribution is -0.0763. The van der Waals surface area contributed by atoms with E-state index in [-0.39, 0.29) is 0 Å². The molecule has 4 saturated carbocycles. The van der Waals surface area contributed by atoms with Crippen LogP contribution < -0.4 is 0 Å². The van der Waals surface area contributed by atoms with Gasteiger partial charge in [-0.3, -0.25) is 0 Å². The minimum Gasteiger partial charge on any atom is -0.0995 e. The van der Waals surface area contributed by atoms with Crippen LogP contribution in [-0.2, 0) is 0 Å². The van der Waals surface area contributed by atoms with Crippen molar-refractivity contribution >= 4 is 0 Å². The van der Waals surface area contributed by atoms with Gasteiger partial charge in [0.2, 0.25) is 0 Å². The number of allylic oxidation sites excluding steroid dienone is 1. The normalized spacial score (nSPS) is 55.0. The van der Waals surface area contributed by atoms with Crippen LogP contribution in [0.25, 0.3) is 0 Å². The summed E-state index contributed by atoms with van der Waals surface area (Å²) in [5.74, 6) is 3.81. The molecule has 6 atom stereocenters. The van der Waals surface area contributed by atoms with Gasteiger partial charge in [-0.25, -0.2) is 0 Å². The quantitative estimate of drug-likeness (QED) is 0.476. The Balaban J connectivity index is 1.71. The molecule has 0 heterocycles. The molecule has 4 rings (SSSR count). The van der Waals surface area contributed by atoms with E-state index < -0.39 is 0 Å². The van der Waals surface area contributed by atoms with E-state index in [1.807, 2.05) is 0 Å². The molecule has 20 heavy (non-hydrogen) atoms. The summed E-state index contributed by atoms with van der Waals surface area (Å²) in [5.41, 5.74) is 2.99. The van der Waals surface area contributed by atoms with Gasteiger partial charge in [0, 0.05) is 0 Å². The second kappa shape index (κ2) is 4.37. The lowest BCUT2D eigenvalue weighted by Crippen LogP contribution is -2.52. The van der Waals surface area contributed by atoms with Crippen molar-refractivity contribution < 1.29 is 0 Å². The molecule has 4 aliphatic carbocycles. The van der Waals surface area contributed by atoms with Crippen LogP contribution in [-0.4, -0.2) is 0 Å². The summed E-state index contributed by atoms with van der Waals surface area (Å²) < 4.78 is 0. The summed E-state index contributed by atoms with van der Waals surface area (Å²) in [5, 5.41) is 0. The van der Waals surface area contributed by atoms with Gasteiger partial charge in [0.15, 0.2) is 0 Å². The second-order valence-corrected chi connectivity index (χ2v) is 9.13. The maximum Gasteiger partial charge on any atom is -0.0139 e. The molecule has 0 saturated heterocycles. The molecule has 0 bridgehead atoms. The van der Waals surface area contributed by atoms with Crippen molar-refractivity contribution in [2.24, 2.45) is 34.5 Å². The highest BCUT2D eigenvalue weighted by Crippen LogP contribution is 2.67. The van der Waals surface area contributed by atoms with Gasteiger partial charge in [0.05, 0.1) is 0 Å². The van der Waals surface area contributed by atoms with E-state index in [0.29, 0.717) is 10.8 Å². The van der Waals surface area contributed by atoms with Gasteiger partial charge in [-0.1, -0.05) is 45.3 Å². The number of rotatable bonds is 0. The molecule has 0 unspecified atom stereocenters. The molecule has 0 aliphatic heterocycles. The van der Waals surface area contributed by atoms with Crippen LogP contribution in [0.1, 0.15) is 78.1 Å². The summed E-state index contributed by atoms with van der Waals surface area (Å²) in [6.07, 6.45) is 14.8. The fraction of sp³-hybridized carbons (Fsp3) is 0.900. The van der Waals surface area contributed by atoms with Crippen molar-refractivity contribution in [2.75, 3.05) is 0 Å². The Morgan fingerprint density at radius 1 is 0.900 bits per heavy atom. The van der Waals surface area contributed by atoms with E-state index in [1.165, 1.54) is 64.2 Å². The van der Waals surface area contributed by atoms with Crippen molar-refractivity contribution in [1.29, 1.82) is 0 Å². The topological polar surface area (TPSA) is 0 Å². The van der Waals surface area contributed by atoms with Crippen LogP contribution >= 0.6 is 0 Å². The zero-order chi connectivity index (χ0) is 14.0. The molecule has 0 radical (unpaired) electrons. The summed E-state index contributed by atoms with van der Waals surface area (Å²) >= 11 is 0. The fourth-order valence-corrected chi connectivity index (χ4v) is 7.14. The Hall–Kier alpha value is -0.260. The average molecular weight is 272 g/mol. The fourth-order valence-electron chi connectivity index (χ4n) is 7.14. The molecule has 0 aromatic heterocycles. The smallest absolute Gasteiger partial charge is 0.0139 e. The number of hydrogen-bond acceptors (Lipinski definition) is 0. The molecule has 0 amide bonds. The zero-order valence-electron chi connectivity index (χ0n) is 13.6. The zero-order valence-corrected chi connectivity index (χ0v) is 13.6. The first-order valence-electron chi connectivity index (χ1n) is 9.22. The van der Waals surface area contributed by atoms with Crippen molar-refractivity contribution in [2.45, 2.75) is 78.1 Å². The van der Waals surface area contributed by atoms with Crippen LogP contribution in [0.2, 0.25) is 0 Å². The van der Waals surface area contributed by atoms with E-state index in [1.54, 1.807) is 5.57 Å². The van der Waals surface area contributed by atoms with Crippen molar-refractivity contribution in [3.8, 4) is 0 Å². The summed E-state index contributed by atoms with van der Waals surface area (Å²) in [6.45, 7) is 9.88. The van der Waals surface area contributed by atoms with Crippen molar-refractivity contribution in [3.05, 3.63) is 12.2 Å². The standard InChI is InChI=1S/C20H32/c1-14-13-15-7-4-5-11-20(15,3)17-9-12-19(2)10-6-8-16(19)18(14)17/h15-18H,1,4-13H2,2-3H3/t15-,16+,17+,18+,19+,20+/m1/s1. The Bertz CT molecular complexity index is 422. The minimum atomic E-state index is 0.661. The van der Waals surface area contributed by atoms with Gasteiger partial charge in [0.25, 0.3) is 0 Å². The van der Waals surface area contributed by atoms with Gasteiger partial charge in [-0.2, -0.15) is 0 Å². The third-order valence-corrected chi connectivity index (χ3v) is 8.33. The van der Waals surface area contributed by atoms with E-state index in [4.69, 9.17) is 0 Å². The maximum absolute atomic E-state index is 4.61. The highest BCUT2D eigenvalue weighted by molar-refractivity contribution is 5.20. The van der Waals surface area contributed by atoms with Gasteiger partial charge in [-0.05, 0) is 79.4 Å². The largest absolute Gasteiger partial charge is 0.0995 e. The lowest BCUT2D eigenvalue weighted by Gasteiger charge is -2.60. The first-order chi connectivity index (χ1) is 9.55. The average Bonchev–Trinajstić information content (AvgIpc) is 2.81. The lowest BCUT2D eigenvalue weighted by atomic mass is 9.44. The van der Waals surface area contributed by atoms with Crippen LogP contribution in [0.4, 0.5) is 0 Å². The van der Waals surface area contributed by atoms with Crippen LogP contribution in [0.15, 0.2) is 12.2 Å². The Kier molecular flexibility index (Phi) is 2.93. The van der Waals surface area contributed by atoms with Crippen LogP contribution in [0.3, 0.4) is 0 Å². The molecule has 0 aromatic carbocycles. The van der Waals surface area contributed by atoms with E-state index in [0.717, 1.165) is 23.7 Å². The molecule has 0 N–H and O–H groups in total. The van der Waals surface area contributed by atoms with E-state index in [2.05, 4.69) is 20.4 Å². The molecule has 0 aromatic rings. The molecule has 0 heteroatoms. The predicted octanol–water partition coefficient (Wildman–Crippen LogP) is 5.98. The van der Waals surface area contributed by atoms with Crippen molar-refractivity contribution in [1.82, 2.24) is 0 Å². The number of hydrogen-bond donors (Lipinski definition) is 0. The van der Waals surface area contributed by atoms with Gasteiger partial charge in [-0.15, -0.1) is 0 Å². The summed E-state index contributed by atoms with van der Waals surface area (Å²) in [7, 11) is 0. The third-order valence-electron chi connectivity index (χ3n) is 8.33. The summed E-state index contributed by atoms with van der Waals surface area (Å²) in [6, 6.07) is 0. The van der Waals surface area contributed by atoms with E-state index in [9.17, 15) is 0 Å². The molecule has 0 spiro atoms.